The highest BCUT2D eigenvalue weighted by atomic mass is 15.3. The van der Waals surface area contributed by atoms with Crippen molar-refractivity contribution in [1.82, 2.24) is 15.0 Å². The number of aromatic nitrogens is 3. The molecule has 0 aromatic carbocycles. The van der Waals surface area contributed by atoms with Gasteiger partial charge in [0.2, 0.25) is 0 Å². The van der Waals surface area contributed by atoms with Gasteiger partial charge in [-0.25, -0.2) is 15.0 Å². The van der Waals surface area contributed by atoms with Gasteiger partial charge in [-0.3, -0.25) is 0 Å². The molecule has 0 unspecified atom stereocenters. The standard InChI is InChI=1S/C21H27N7/c1-15-12-16(2)23-21(18(15)14-22)28-10-8-27(9-11-28)20-13-19(24-17(3)25-20)26-6-4-5-7-26/h12-13H,4-11H2,1-3H3. The van der Waals surface area contributed by atoms with Gasteiger partial charge in [0.1, 0.15) is 29.3 Å². The molecule has 4 heterocycles. The molecule has 0 aliphatic carbocycles. The third kappa shape index (κ3) is 3.59. The molecule has 0 N–H and O–H groups in total. The molecular formula is C21H27N7. The van der Waals surface area contributed by atoms with E-state index in [1.165, 1.54) is 12.8 Å². The summed E-state index contributed by atoms with van der Waals surface area (Å²) in [7, 11) is 0. The molecule has 2 aliphatic rings. The third-order valence-corrected chi connectivity index (χ3v) is 5.58. The Morgan fingerprint density at radius 2 is 1.36 bits per heavy atom. The minimum absolute atomic E-state index is 0.688. The van der Waals surface area contributed by atoms with E-state index in [4.69, 9.17) is 4.98 Å². The lowest BCUT2D eigenvalue weighted by Crippen LogP contribution is -2.47. The number of nitrogens with zero attached hydrogens (tertiary/aromatic N) is 7. The van der Waals surface area contributed by atoms with E-state index in [9.17, 15) is 5.26 Å². The largest absolute Gasteiger partial charge is 0.356 e. The monoisotopic (exact) mass is 377 g/mol. The highest BCUT2D eigenvalue weighted by molar-refractivity contribution is 5.59. The zero-order valence-electron chi connectivity index (χ0n) is 16.9. The van der Waals surface area contributed by atoms with Crippen molar-refractivity contribution >= 4 is 17.5 Å². The van der Waals surface area contributed by atoms with E-state index in [0.717, 1.165) is 73.8 Å². The van der Waals surface area contributed by atoms with E-state index in [0.29, 0.717) is 5.56 Å². The molecule has 0 amide bonds. The first-order chi connectivity index (χ1) is 13.5. The fourth-order valence-electron chi connectivity index (χ4n) is 4.14. The summed E-state index contributed by atoms with van der Waals surface area (Å²) in [4.78, 5) is 20.9. The van der Waals surface area contributed by atoms with Gasteiger partial charge in [0.25, 0.3) is 0 Å². The third-order valence-electron chi connectivity index (χ3n) is 5.58. The Morgan fingerprint density at radius 3 is 1.96 bits per heavy atom. The maximum Gasteiger partial charge on any atom is 0.147 e. The Bertz CT molecular complexity index is 904. The second-order valence-corrected chi connectivity index (χ2v) is 7.69. The van der Waals surface area contributed by atoms with Gasteiger partial charge in [-0.15, -0.1) is 0 Å². The van der Waals surface area contributed by atoms with Crippen LogP contribution in [0.4, 0.5) is 17.5 Å². The SMILES string of the molecule is Cc1cc(C)c(C#N)c(N2CCN(c3cc(N4CCCC4)nc(C)n3)CC2)n1. The molecule has 2 aliphatic heterocycles. The van der Waals surface area contributed by atoms with Crippen LogP contribution in [-0.2, 0) is 0 Å². The molecule has 0 saturated carbocycles. The number of piperazine rings is 1. The quantitative estimate of drug-likeness (QED) is 0.814. The van der Waals surface area contributed by atoms with E-state index in [1.54, 1.807) is 0 Å². The Labute approximate surface area is 166 Å². The van der Waals surface area contributed by atoms with Gasteiger partial charge >= 0.3 is 0 Å². The van der Waals surface area contributed by atoms with Gasteiger partial charge in [0.15, 0.2) is 0 Å². The van der Waals surface area contributed by atoms with Crippen LogP contribution >= 0.6 is 0 Å². The van der Waals surface area contributed by atoms with Crippen molar-refractivity contribution in [1.29, 1.82) is 5.26 Å². The van der Waals surface area contributed by atoms with Gasteiger partial charge < -0.3 is 14.7 Å². The average molecular weight is 377 g/mol. The Balaban J connectivity index is 1.52. The van der Waals surface area contributed by atoms with Crippen molar-refractivity contribution in [3.8, 4) is 6.07 Å². The molecule has 146 valence electrons. The first kappa shape index (κ1) is 18.5. The molecular weight excluding hydrogens is 350 g/mol. The minimum atomic E-state index is 0.688. The van der Waals surface area contributed by atoms with Crippen molar-refractivity contribution in [3.63, 3.8) is 0 Å². The van der Waals surface area contributed by atoms with Crippen LogP contribution < -0.4 is 14.7 Å². The zero-order valence-corrected chi connectivity index (χ0v) is 16.9. The molecule has 4 rings (SSSR count). The van der Waals surface area contributed by atoms with Gasteiger partial charge in [-0.1, -0.05) is 0 Å². The van der Waals surface area contributed by atoms with Crippen molar-refractivity contribution in [2.45, 2.75) is 33.6 Å². The lowest BCUT2D eigenvalue weighted by Gasteiger charge is -2.37. The van der Waals surface area contributed by atoms with Crippen LogP contribution in [0, 0.1) is 32.1 Å². The maximum absolute atomic E-state index is 9.57. The fourth-order valence-corrected chi connectivity index (χ4v) is 4.14. The Hall–Kier alpha value is -2.88. The summed E-state index contributed by atoms with van der Waals surface area (Å²) in [6, 6.07) is 6.44. The number of nitriles is 1. The van der Waals surface area contributed by atoms with Crippen LogP contribution in [0.2, 0.25) is 0 Å². The van der Waals surface area contributed by atoms with Crippen LogP contribution in [-0.4, -0.2) is 54.2 Å². The molecule has 7 heteroatoms. The summed E-state index contributed by atoms with van der Waals surface area (Å²) in [5, 5.41) is 9.57. The van der Waals surface area contributed by atoms with E-state index in [1.807, 2.05) is 26.8 Å². The van der Waals surface area contributed by atoms with Crippen LogP contribution in [0.25, 0.3) is 0 Å². The van der Waals surface area contributed by atoms with E-state index >= 15 is 0 Å². The first-order valence-corrected chi connectivity index (χ1v) is 10.0. The van der Waals surface area contributed by atoms with Crippen LogP contribution in [0.5, 0.6) is 0 Å². The number of aryl methyl sites for hydroxylation is 3. The molecule has 0 bridgehead atoms. The molecule has 2 fully saturated rings. The van der Waals surface area contributed by atoms with Crippen molar-refractivity contribution in [2.24, 2.45) is 0 Å². The normalized spacial score (nSPS) is 17.1. The smallest absolute Gasteiger partial charge is 0.147 e. The zero-order chi connectivity index (χ0) is 19.7. The predicted molar refractivity (Wildman–Crippen MR) is 111 cm³/mol. The highest BCUT2D eigenvalue weighted by Gasteiger charge is 2.24. The number of hydrogen-bond acceptors (Lipinski definition) is 7. The van der Waals surface area contributed by atoms with E-state index in [-0.39, 0.29) is 0 Å². The highest BCUT2D eigenvalue weighted by Crippen LogP contribution is 2.26. The summed E-state index contributed by atoms with van der Waals surface area (Å²) in [6.45, 7) is 11.5. The van der Waals surface area contributed by atoms with Crippen molar-refractivity contribution in [2.75, 3.05) is 54.0 Å². The topological polar surface area (TPSA) is 72.2 Å². The summed E-state index contributed by atoms with van der Waals surface area (Å²) >= 11 is 0. The second-order valence-electron chi connectivity index (χ2n) is 7.69. The summed E-state index contributed by atoms with van der Waals surface area (Å²) in [5.74, 6) is 3.69. The first-order valence-electron chi connectivity index (χ1n) is 10.0. The second kappa shape index (κ2) is 7.63. The van der Waals surface area contributed by atoms with Crippen molar-refractivity contribution in [3.05, 3.63) is 34.8 Å². The van der Waals surface area contributed by atoms with Gasteiger partial charge in [0, 0.05) is 51.0 Å². The molecule has 28 heavy (non-hydrogen) atoms. The molecule has 2 aromatic rings. The van der Waals surface area contributed by atoms with E-state index < -0.39 is 0 Å². The summed E-state index contributed by atoms with van der Waals surface area (Å²) in [5.41, 5.74) is 2.64. The maximum atomic E-state index is 9.57. The molecule has 0 atom stereocenters. The molecule has 2 aromatic heterocycles. The van der Waals surface area contributed by atoms with Crippen LogP contribution in [0.3, 0.4) is 0 Å². The predicted octanol–water partition coefficient (Wildman–Crippen LogP) is 2.60. The molecule has 0 spiro atoms. The van der Waals surface area contributed by atoms with Gasteiger partial charge in [0.05, 0.1) is 5.56 Å². The lowest BCUT2D eigenvalue weighted by molar-refractivity contribution is 0.638. The lowest BCUT2D eigenvalue weighted by atomic mass is 10.1. The Kier molecular flexibility index (Phi) is 5.03. The van der Waals surface area contributed by atoms with Crippen LogP contribution in [0.15, 0.2) is 12.1 Å². The fraction of sp³-hybridized carbons (Fsp3) is 0.524. The minimum Gasteiger partial charge on any atom is -0.356 e. The molecule has 2 saturated heterocycles. The number of anilines is 3. The molecule has 0 radical (unpaired) electrons. The Morgan fingerprint density at radius 1 is 0.786 bits per heavy atom. The summed E-state index contributed by atoms with van der Waals surface area (Å²) in [6.07, 6.45) is 2.47. The van der Waals surface area contributed by atoms with Crippen LogP contribution in [0.1, 0.15) is 35.5 Å². The summed E-state index contributed by atoms with van der Waals surface area (Å²) < 4.78 is 0. The van der Waals surface area contributed by atoms with Crippen molar-refractivity contribution < 1.29 is 0 Å². The average Bonchev–Trinajstić information content (AvgIpc) is 3.22. The number of rotatable bonds is 3. The number of hydrogen-bond donors (Lipinski definition) is 0. The number of pyridine rings is 1. The van der Waals surface area contributed by atoms with Gasteiger partial charge in [-0.05, 0) is 45.2 Å². The van der Waals surface area contributed by atoms with Gasteiger partial charge in [-0.2, -0.15) is 5.26 Å². The van der Waals surface area contributed by atoms with E-state index in [2.05, 4.69) is 36.8 Å². The molecule has 7 nitrogen and oxygen atoms in total.